The molecule has 1 fully saturated rings. The number of rotatable bonds is 5. The number of nitrogens with zero attached hydrogens (tertiary/aromatic N) is 5. The van der Waals surface area contributed by atoms with Gasteiger partial charge in [0.05, 0.1) is 17.9 Å². The van der Waals surface area contributed by atoms with Crippen LogP contribution in [0, 0.1) is 0 Å². The summed E-state index contributed by atoms with van der Waals surface area (Å²) in [6, 6.07) is 17.3. The summed E-state index contributed by atoms with van der Waals surface area (Å²) in [5, 5.41) is 7.12. The van der Waals surface area contributed by atoms with E-state index in [1.165, 1.54) is 0 Å². The molecule has 0 radical (unpaired) electrons. The summed E-state index contributed by atoms with van der Waals surface area (Å²) in [4.78, 5) is 45.0. The number of fused-ring (bicyclic) bond motifs is 4. The molecule has 0 saturated carbocycles. The summed E-state index contributed by atoms with van der Waals surface area (Å²) in [6.45, 7) is 1.25. The number of likely N-dealkylation sites (tertiary alicyclic amines) is 1. The van der Waals surface area contributed by atoms with Gasteiger partial charge in [-0.3, -0.25) is 9.59 Å². The molecule has 13 heteroatoms. The zero-order chi connectivity index (χ0) is 29.1. The third-order valence-electron chi connectivity index (χ3n) is 6.77. The highest BCUT2D eigenvalue weighted by Gasteiger charge is 2.51. The number of carboxylic acids is 1. The molecule has 1 aromatic carbocycles. The first-order valence-electron chi connectivity index (χ1n) is 12.3. The number of aliphatic carboxylic acids is 1. The second kappa shape index (κ2) is 11.3. The molecule has 1 saturated heterocycles. The van der Waals surface area contributed by atoms with Crippen molar-refractivity contribution in [2.24, 2.45) is 0 Å². The van der Waals surface area contributed by atoms with E-state index in [0.29, 0.717) is 25.3 Å². The Morgan fingerprint density at radius 1 is 1.07 bits per heavy atom. The lowest BCUT2D eigenvalue weighted by atomic mass is 9.88. The molecular formula is C27H28F3N5O5. The molecule has 1 spiro atoms. The topological polar surface area (TPSA) is 108 Å². The molecule has 1 atom stereocenters. The molecule has 2 amide bonds. The number of pyridine rings is 1. The maximum atomic E-state index is 13.1. The Labute approximate surface area is 228 Å². The molecule has 212 valence electrons. The molecule has 5 rings (SSSR count). The first-order chi connectivity index (χ1) is 18.9. The first kappa shape index (κ1) is 28.5. The maximum Gasteiger partial charge on any atom is 0.490 e. The van der Waals surface area contributed by atoms with E-state index in [1.54, 1.807) is 25.2 Å². The SMILES string of the molecule is CN(C)C(=O)CN1c2cccnc2-n2cccc2C12CCN(C(=O)COc1ccccc1)C2.O=C(O)C(F)(F)F. The van der Waals surface area contributed by atoms with Crippen molar-refractivity contribution in [2.75, 3.05) is 45.2 Å². The molecule has 2 aliphatic heterocycles. The Kier molecular flexibility index (Phi) is 8.03. The molecule has 0 aliphatic carbocycles. The van der Waals surface area contributed by atoms with Crippen LogP contribution < -0.4 is 9.64 Å². The Hall–Kier alpha value is -4.55. The van der Waals surface area contributed by atoms with Crippen LogP contribution in [0.2, 0.25) is 0 Å². The van der Waals surface area contributed by atoms with Crippen LogP contribution in [0.3, 0.4) is 0 Å². The van der Waals surface area contributed by atoms with Gasteiger partial charge in [-0.25, -0.2) is 9.78 Å². The average Bonchev–Trinajstić information content (AvgIpc) is 3.59. The van der Waals surface area contributed by atoms with Gasteiger partial charge in [-0.05, 0) is 42.8 Å². The lowest BCUT2D eigenvalue weighted by Crippen LogP contribution is -2.55. The van der Waals surface area contributed by atoms with Crippen LogP contribution in [0.25, 0.3) is 5.82 Å². The van der Waals surface area contributed by atoms with Gasteiger partial charge < -0.3 is 29.1 Å². The van der Waals surface area contributed by atoms with E-state index in [1.807, 2.05) is 59.6 Å². The minimum Gasteiger partial charge on any atom is -0.484 e. The highest BCUT2D eigenvalue weighted by molar-refractivity contribution is 5.84. The lowest BCUT2D eigenvalue weighted by Gasteiger charge is -2.46. The van der Waals surface area contributed by atoms with Gasteiger partial charge in [0.25, 0.3) is 5.91 Å². The normalized spacial score (nSPS) is 17.4. The minimum absolute atomic E-state index is 0.00127. The number of carbonyl (C=O) groups is 3. The monoisotopic (exact) mass is 559 g/mol. The number of halogens is 3. The second-order valence-electron chi connectivity index (χ2n) is 9.49. The van der Waals surface area contributed by atoms with E-state index in [2.05, 4.69) is 20.5 Å². The number of hydrogen-bond donors (Lipinski definition) is 1. The largest absolute Gasteiger partial charge is 0.490 e. The van der Waals surface area contributed by atoms with Crippen molar-refractivity contribution in [3.8, 4) is 11.6 Å². The van der Waals surface area contributed by atoms with E-state index in [-0.39, 0.29) is 25.0 Å². The van der Waals surface area contributed by atoms with E-state index in [4.69, 9.17) is 14.6 Å². The maximum absolute atomic E-state index is 13.1. The van der Waals surface area contributed by atoms with Gasteiger partial charge in [-0.2, -0.15) is 13.2 Å². The number of carbonyl (C=O) groups excluding carboxylic acids is 2. The smallest absolute Gasteiger partial charge is 0.484 e. The van der Waals surface area contributed by atoms with Gasteiger partial charge in [0.2, 0.25) is 5.91 Å². The van der Waals surface area contributed by atoms with Gasteiger partial charge in [-0.15, -0.1) is 0 Å². The van der Waals surface area contributed by atoms with Crippen LogP contribution in [0.1, 0.15) is 12.1 Å². The average molecular weight is 560 g/mol. The van der Waals surface area contributed by atoms with Crippen molar-refractivity contribution in [3.05, 3.63) is 72.7 Å². The molecule has 10 nitrogen and oxygen atoms in total. The fraction of sp³-hybridized carbons (Fsp3) is 0.333. The standard InChI is InChI=1S/C25H27N5O3.C2HF3O2/c1-27(2)22(31)16-30-20-10-6-13-26-24(20)29-14-7-11-21(29)25(30)12-15-28(18-25)23(32)17-33-19-8-4-3-5-9-19;3-2(4,5)1(6)7/h3-11,13-14H,12,15-18H2,1-2H3;(H,6,7). The fourth-order valence-corrected chi connectivity index (χ4v) is 4.80. The number of para-hydroxylation sites is 1. The number of alkyl halides is 3. The number of hydrogen-bond acceptors (Lipinski definition) is 6. The fourth-order valence-electron chi connectivity index (χ4n) is 4.80. The molecule has 2 aliphatic rings. The number of likely N-dealkylation sites (N-methyl/N-ethyl adjacent to an activating group) is 1. The van der Waals surface area contributed by atoms with Gasteiger partial charge in [-0.1, -0.05) is 18.2 Å². The van der Waals surface area contributed by atoms with Crippen molar-refractivity contribution in [1.82, 2.24) is 19.4 Å². The number of amides is 2. The van der Waals surface area contributed by atoms with E-state index in [9.17, 15) is 22.8 Å². The summed E-state index contributed by atoms with van der Waals surface area (Å²) < 4.78 is 39.5. The van der Waals surface area contributed by atoms with Crippen LogP contribution in [0.5, 0.6) is 5.75 Å². The van der Waals surface area contributed by atoms with Gasteiger partial charge in [0, 0.05) is 39.6 Å². The minimum atomic E-state index is -5.08. The van der Waals surface area contributed by atoms with E-state index < -0.39 is 17.7 Å². The summed E-state index contributed by atoms with van der Waals surface area (Å²) in [6.07, 6.45) is -0.613. The van der Waals surface area contributed by atoms with Gasteiger partial charge in [0.1, 0.15) is 11.3 Å². The quantitative estimate of drug-likeness (QED) is 0.512. The van der Waals surface area contributed by atoms with Crippen molar-refractivity contribution in [2.45, 2.75) is 18.1 Å². The summed E-state index contributed by atoms with van der Waals surface area (Å²) >= 11 is 0. The number of benzene rings is 1. The number of carboxylic acid groups (broad SMARTS) is 1. The Morgan fingerprint density at radius 3 is 2.42 bits per heavy atom. The van der Waals surface area contributed by atoms with E-state index in [0.717, 1.165) is 17.2 Å². The molecule has 1 N–H and O–H groups in total. The molecule has 40 heavy (non-hydrogen) atoms. The third kappa shape index (κ3) is 5.72. The molecule has 2 aromatic heterocycles. The molecule has 3 aromatic rings. The van der Waals surface area contributed by atoms with Gasteiger partial charge >= 0.3 is 12.1 Å². The van der Waals surface area contributed by atoms with Crippen molar-refractivity contribution in [3.63, 3.8) is 0 Å². The summed E-state index contributed by atoms with van der Waals surface area (Å²) in [5.41, 5.74) is 1.42. The second-order valence-corrected chi connectivity index (χ2v) is 9.49. The predicted octanol–water partition coefficient (Wildman–Crippen LogP) is 2.92. The Bertz CT molecular complexity index is 1380. The van der Waals surface area contributed by atoms with Crippen molar-refractivity contribution >= 4 is 23.5 Å². The van der Waals surface area contributed by atoms with Crippen molar-refractivity contribution in [1.29, 1.82) is 0 Å². The number of aromatic nitrogens is 2. The zero-order valence-corrected chi connectivity index (χ0v) is 21.8. The van der Waals surface area contributed by atoms with E-state index >= 15 is 0 Å². The van der Waals surface area contributed by atoms with Crippen molar-refractivity contribution < 1.29 is 37.4 Å². The zero-order valence-electron chi connectivity index (χ0n) is 21.8. The van der Waals surface area contributed by atoms with Gasteiger partial charge in [0.15, 0.2) is 12.4 Å². The summed E-state index contributed by atoms with van der Waals surface area (Å²) in [5.74, 6) is -1.35. The Balaban J connectivity index is 0.000000470. The van der Waals surface area contributed by atoms with Crippen LogP contribution >= 0.6 is 0 Å². The van der Waals surface area contributed by atoms with Crippen LogP contribution in [-0.4, -0.2) is 88.8 Å². The first-order valence-corrected chi connectivity index (χ1v) is 12.3. The molecule has 0 bridgehead atoms. The molecule has 4 heterocycles. The third-order valence-corrected chi connectivity index (χ3v) is 6.77. The van der Waals surface area contributed by atoms with Crippen LogP contribution in [-0.2, 0) is 19.9 Å². The highest BCUT2D eigenvalue weighted by Crippen LogP contribution is 2.46. The van der Waals surface area contributed by atoms with Crippen LogP contribution in [0.15, 0.2) is 67.0 Å². The number of ether oxygens (including phenoxy) is 1. The molecule has 1 unspecified atom stereocenters. The Morgan fingerprint density at radius 2 is 1.77 bits per heavy atom. The summed E-state index contributed by atoms with van der Waals surface area (Å²) in [7, 11) is 3.52. The predicted molar refractivity (Wildman–Crippen MR) is 138 cm³/mol. The lowest BCUT2D eigenvalue weighted by molar-refractivity contribution is -0.192. The number of anilines is 1. The molecular weight excluding hydrogens is 531 g/mol. The highest BCUT2D eigenvalue weighted by atomic mass is 19.4. The van der Waals surface area contributed by atoms with Crippen LogP contribution in [0.4, 0.5) is 18.9 Å².